The molecular weight excluding hydrogens is 445 g/mol. The molecule has 156 valence electrons. The van der Waals surface area contributed by atoms with Crippen LogP contribution in [0.2, 0.25) is 10.0 Å². The van der Waals surface area contributed by atoms with Crippen molar-refractivity contribution < 1.29 is 19.1 Å². The van der Waals surface area contributed by atoms with Crippen LogP contribution in [0, 0.1) is 0 Å². The summed E-state index contributed by atoms with van der Waals surface area (Å²) in [5, 5.41) is 5.36. The molecule has 5 nitrogen and oxygen atoms in total. The van der Waals surface area contributed by atoms with Gasteiger partial charge in [-0.1, -0.05) is 41.4 Å². The second-order valence-electron chi connectivity index (χ2n) is 6.59. The molecule has 0 atom stereocenters. The average Bonchev–Trinajstić information content (AvgIpc) is 3.13. The van der Waals surface area contributed by atoms with Gasteiger partial charge >= 0.3 is 5.97 Å². The summed E-state index contributed by atoms with van der Waals surface area (Å²) in [6.07, 6.45) is -0.313. The fraction of sp³-hybridized carbons (Fsp3) is 0.182. The number of thiophene rings is 1. The fourth-order valence-corrected chi connectivity index (χ4v) is 4.10. The average molecular weight is 464 g/mol. The minimum atomic E-state index is -0.524. The number of hydrogen-bond donors (Lipinski definition) is 1. The SMILES string of the molecule is COc1ccc(-c2csc(NC(=O)c3cccc(Cl)c3Cl)c2C(=O)OC(C)C)cc1. The number of nitrogens with one attached hydrogen (secondary N) is 1. The number of hydrogen-bond acceptors (Lipinski definition) is 5. The van der Waals surface area contributed by atoms with Crippen LogP contribution in [0.15, 0.2) is 47.8 Å². The van der Waals surface area contributed by atoms with Crippen molar-refractivity contribution in [3.8, 4) is 16.9 Å². The molecule has 1 heterocycles. The quantitative estimate of drug-likeness (QED) is 0.421. The summed E-state index contributed by atoms with van der Waals surface area (Å²) in [6, 6.07) is 12.1. The van der Waals surface area contributed by atoms with Crippen molar-refractivity contribution in [1.82, 2.24) is 0 Å². The van der Waals surface area contributed by atoms with Crippen molar-refractivity contribution in [2.45, 2.75) is 20.0 Å². The lowest BCUT2D eigenvalue weighted by atomic mass is 10.0. The standard InChI is InChI=1S/C22H19Cl2NO4S/c1-12(2)29-22(27)18-16(13-7-9-14(28-3)10-8-13)11-30-21(18)25-20(26)15-5-4-6-17(23)19(15)24/h4-12H,1-3H3,(H,25,26). The smallest absolute Gasteiger partial charge is 0.342 e. The lowest BCUT2D eigenvalue weighted by Gasteiger charge is -2.12. The molecule has 0 saturated carbocycles. The summed E-state index contributed by atoms with van der Waals surface area (Å²) < 4.78 is 10.6. The molecule has 0 aliphatic heterocycles. The summed E-state index contributed by atoms with van der Waals surface area (Å²) >= 11 is 13.4. The monoisotopic (exact) mass is 463 g/mol. The predicted octanol–water partition coefficient (Wildman–Crippen LogP) is 6.55. The van der Waals surface area contributed by atoms with Crippen LogP contribution in [0.5, 0.6) is 5.75 Å². The number of anilines is 1. The first-order valence-corrected chi connectivity index (χ1v) is 10.7. The van der Waals surface area contributed by atoms with Crippen LogP contribution in [0.25, 0.3) is 11.1 Å². The zero-order valence-electron chi connectivity index (χ0n) is 16.5. The third-order valence-electron chi connectivity index (χ3n) is 4.16. The van der Waals surface area contributed by atoms with Crippen molar-refractivity contribution >= 4 is 51.4 Å². The van der Waals surface area contributed by atoms with E-state index in [0.717, 1.165) is 5.56 Å². The zero-order valence-corrected chi connectivity index (χ0v) is 18.8. The van der Waals surface area contributed by atoms with E-state index in [-0.39, 0.29) is 27.3 Å². The largest absolute Gasteiger partial charge is 0.497 e. The Bertz CT molecular complexity index is 1080. The summed E-state index contributed by atoms with van der Waals surface area (Å²) in [6.45, 7) is 3.53. The predicted molar refractivity (Wildman–Crippen MR) is 121 cm³/mol. The number of halogens is 2. The molecule has 0 saturated heterocycles. The van der Waals surface area contributed by atoms with Gasteiger partial charge in [0.2, 0.25) is 0 Å². The van der Waals surface area contributed by atoms with Gasteiger partial charge in [0, 0.05) is 10.9 Å². The Balaban J connectivity index is 2.01. The highest BCUT2D eigenvalue weighted by Crippen LogP contribution is 2.37. The maximum Gasteiger partial charge on any atom is 0.342 e. The minimum Gasteiger partial charge on any atom is -0.497 e. The lowest BCUT2D eigenvalue weighted by Crippen LogP contribution is -2.17. The molecule has 0 aliphatic rings. The molecule has 1 aromatic heterocycles. The molecule has 3 aromatic rings. The summed E-state index contributed by atoms with van der Waals surface area (Å²) in [7, 11) is 1.58. The highest BCUT2D eigenvalue weighted by atomic mass is 35.5. The first kappa shape index (κ1) is 22.2. The Hall–Kier alpha value is -2.54. The van der Waals surface area contributed by atoms with E-state index in [1.807, 2.05) is 12.1 Å². The number of ether oxygens (including phenoxy) is 2. The van der Waals surface area contributed by atoms with Gasteiger partial charge in [0.05, 0.1) is 28.8 Å². The number of benzene rings is 2. The molecule has 1 amide bonds. The highest BCUT2D eigenvalue weighted by Gasteiger charge is 2.25. The Morgan fingerprint density at radius 1 is 1.07 bits per heavy atom. The van der Waals surface area contributed by atoms with Gasteiger partial charge in [-0.3, -0.25) is 4.79 Å². The summed E-state index contributed by atoms with van der Waals surface area (Å²) in [5.41, 5.74) is 1.95. The normalized spacial score (nSPS) is 10.7. The number of carbonyl (C=O) groups excluding carboxylic acids is 2. The van der Waals surface area contributed by atoms with Gasteiger partial charge in [-0.2, -0.15) is 0 Å². The van der Waals surface area contributed by atoms with Gasteiger partial charge in [0.15, 0.2) is 0 Å². The second kappa shape index (κ2) is 9.51. The van der Waals surface area contributed by atoms with E-state index in [2.05, 4.69) is 5.32 Å². The molecule has 0 radical (unpaired) electrons. The van der Waals surface area contributed by atoms with Crippen molar-refractivity contribution in [2.24, 2.45) is 0 Å². The van der Waals surface area contributed by atoms with E-state index < -0.39 is 11.9 Å². The minimum absolute atomic E-state index is 0.148. The van der Waals surface area contributed by atoms with E-state index in [1.165, 1.54) is 11.3 Å². The maximum atomic E-state index is 12.9. The zero-order chi connectivity index (χ0) is 21.8. The number of esters is 1. The molecular formula is C22H19Cl2NO4S. The van der Waals surface area contributed by atoms with E-state index >= 15 is 0 Å². The van der Waals surface area contributed by atoms with Crippen LogP contribution in [-0.4, -0.2) is 25.1 Å². The van der Waals surface area contributed by atoms with Gasteiger partial charge in [-0.05, 0) is 43.7 Å². The highest BCUT2D eigenvalue weighted by molar-refractivity contribution is 7.15. The molecule has 0 fully saturated rings. The van der Waals surface area contributed by atoms with Gasteiger partial charge in [0.25, 0.3) is 5.91 Å². The van der Waals surface area contributed by atoms with Crippen molar-refractivity contribution in [3.05, 3.63) is 69.0 Å². The van der Waals surface area contributed by atoms with Crippen LogP contribution in [-0.2, 0) is 4.74 Å². The Labute approximate surface area is 188 Å². The molecule has 0 aliphatic carbocycles. The van der Waals surface area contributed by atoms with Crippen molar-refractivity contribution in [3.63, 3.8) is 0 Å². The molecule has 0 spiro atoms. The summed E-state index contributed by atoms with van der Waals surface area (Å²) in [5.74, 6) is -0.293. The molecule has 2 aromatic carbocycles. The Morgan fingerprint density at radius 3 is 2.40 bits per heavy atom. The third kappa shape index (κ3) is 4.78. The molecule has 0 bridgehead atoms. The Morgan fingerprint density at radius 2 is 1.77 bits per heavy atom. The molecule has 1 N–H and O–H groups in total. The molecule has 30 heavy (non-hydrogen) atoms. The van der Waals surface area contributed by atoms with E-state index in [0.29, 0.717) is 16.3 Å². The number of amides is 1. The van der Waals surface area contributed by atoms with E-state index in [1.54, 1.807) is 56.7 Å². The van der Waals surface area contributed by atoms with Crippen LogP contribution in [0.1, 0.15) is 34.6 Å². The van der Waals surface area contributed by atoms with E-state index in [4.69, 9.17) is 32.7 Å². The second-order valence-corrected chi connectivity index (χ2v) is 8.26. The van der Waals surface area contributed by atoms with E-state index in [9.17, 15) is 9.59 Å². The van der Waals surface area contributed by atoms with Crippen molar-refractivity contribution in [2.75, 3.05) is 12.4 Å². The van der Waals surface area contributed by atoms with Crippen LogP contribution in [0.4, 0.5) is 5.00 Å². The summed E-state index contributed by atoms with van der Waals surface area (Å²) in [4.78, 5) is 25.7. The molecule has 3 rings (SSSR count). The van der Waals surface area contributed by atoms with Crippen LogP contribution >= 0.6 is 34.5 Å². The van der Waals surface area contributed by atoms with Gasteiger partial charge in [-0.15, -0.1) is 11.3 Å². The maximum absolute atomic E-state index is 12.9. The van der Waals surface area contributed by atoms with Gasteiger partial charge in [-0.25, -0.2) is 4.79 Å². The first-order valence-electron chi connectivity index (χ1n) is 9.04. The topological polar surface area (TPSA) is 64.6 Å². The number of rotatable bonds is 6. The Kier molecular flexibility index (Phi) is 7.02. The third-order valence-corrected chi connectivity index (χ3v) is 5.88. The molecule has 0 unspecified atom stereocenters. The van der Waals surface area contributed by atoms with Gasteiger partial charge < -0.3 is 14.8 Å². The van der Waals surface area contributed by atoms with Crippen LogP contribution < -0.4 is 10.1 Å². The number of carbonyl (C=O) groups is 2. The lowest BCUT2D eigenvalue weighted by molar-refractivity contribution is 0.0380. The van der Waals surface area contributed by atoms with Crippen molar-refractivity contribution in [1.29, 1.82) is 0 Å². The fourth-order valence-electron chi connectivity index (χ4n) is 2.76. The van der Waals surface area contributed by atoms with Gasteiger partial charge in [0.1, 0.15) is 16.3 Å². The molecule has 8 heteroatoms. The number of methoxy groups -OCH3 is 1. The first-order chi connectivity index (χ1) is 14.3. The van der Waals surface area contributed by atoms with Crippen LogP contribution in [0.3, 0.4) is 0 Å².